The molecule has 0 amide bonds. The van der Waals surface area contributed by atoms with Crippen LogP contribution in [0.2, 0.25) is 0 Å². The Labute approximate surface area is 80.5 Å². The van der Waals surface area contributed by atoms with Gasteiger partial charge in [0.25, 0.3) is 5.89 Å². The molecule has 0 aliphatic heterocycles. The third kappa shape index (κ3) is 1.51. The van der Waals surface area contributed by atoms with E-state index < -0.39 is 0 Å². The van der Waals surface area contributed by atoms with Gasteiger partial charge in [0, 0.05) is 5.69 Å². The van der Waals surface area contributed by atoms with Gasteiger partial charge in [0.1, 0.15) is 0 Å². The normalized spacial score (nSPS) is 10.7. The number of aromatic amines is 1. The molecule has 0 aliphatic rings. The summed E-state index contributed by atoms with van der Waals surface area (Å²) in [7, 11) is 0. The molecule has 14 heavy (non-hydrogen) atoms. The number of nitrogens with one attached hydrogen (secondary N) is 1. The first kappa shape index (κ1) is 8.89. The van der Waals surface area contributed by atoms with Gasteiger partial charge in [-0.15, -0.1) is 0 Å². The fourth-order valence-corrected chi connectivity index (χ4v) is 1.09. The summed E-state index contributed by atoms with van der Waals surface area (Å²) < 4.78 is 4.98. The summed E-state index contributed by atoms with van der Waals surface area (Å²) in [5.41, 5.74) is 7.06. The Kier molecular flexibility index (Phi) is 2.28. The fraction of sp³-hybridized carbons (Fsp3) is 0.375. The van der Waals surface area contributed by atoms with E-state index in [0.29, 0.717) is 17.4 Å². The highest BCUT2D eigenvalue weighted by atomic mass is 16.5. The van der Waals surface area contributed by atoms with E-state index in [1.807, 2.05) is 13.0 Å². The summed E-state index contributed by atoms with van der Waals surface area (Å²) >= 11 is 0. The van der Waals surface area contributed by atoms with E-state index in [0.717, 1.165) is 12.1 Å². The SMILES string of the molecule is CCc1cc(-c2nc(CN)no2)n[nH]1. The van der Waals surface area contributed by atoms with E-state index in [4.69, 9.17) is 10.3 Å². The summed E-state index contributed by atoms with van der Waals surface area (Å²) in [4.78, 5) is 4.06. The maximum absolute atomic E-state index is 5.36. The number of hydrogen-bond donors (Lipinski definition) is 2. The summed E-state index contributed by atoms with van der Waals surface area (Å²) in [6.07, 6.45) is 0.894. The largest absolute Gasteiger partial charge is 0.332 e. The Bertz CT molecular complexity index is 379. The quantitative estimate of drug-likeness (QED) is 0.739. The molecule has 0 spiro atoms. The van der Waals surface area contributed by atoms with Crippen LogP contribution in [0.15, 0.2) is 10.6 Å². The van der Waals surface area contributed by atoms with Crippen molar-refractivity contribution in [2.75, 3.05) is 0 Å². The van der Waals surface area contributed by atoms with Crippen LogP contribution in [0, 0.1) is 0 Å². The predicted molar refractivity (Wildman–Crippen MR) is 49.1 cm³/mol. The number of aromatic nitrogens is 4. The van der Waals surface area contributed by atoms with E-state index in [-0.39, 0.29) is 6.54 Å². The molecule has 2 heterocycles. The Balaban J connectivity index is 2.29. The van der Waals surface area contributed by atoms with Crippen molar-refractivity contribution in [3.63, 3.8) is 0 Å². The Morgan fingerprint density at radius 2 is 2.43 bits per heavy atom. The van der Waals surface area contributed by atoms with Gasteiger partial charge in [0.2, 0.25) is 0 Å². The van der Waals surface area contributed by atoms with E-state index in [1.54, 1.807) is 0 Å². The average molecular weight is 193 g/mol. The van der Waals surface area contributed by atoms with E-state index in [2.05, 4.69) is 20.3 Å². The molecule has 0 aliphatic carbocycles. The summed E-state index contributed by atoms with van der Waals surface area (Å²) in [5, 5.41) is 10.6. The number of nitrogens with two attached hydrogens (primary N) is 1. The lowest BCUT2D eigenvalue weighted by atomic mass is 10.3. The minimum Gasteiger partial charge on any atom is -0.332 e. The van der Waals surface area contributed by atoms with Crippen molar-refractivity contribution < 1.29 is 4.52 Å². The van der Waals surface area contributed by atoms with Crippen LogP contribution in [0.1, 0.15) is 18.4 Å². The van der Waals surface area contributed by atoms with Gasteiger partial charge >= 0.3 is 0 Å². The zero-order chi connectivity index (χ0) is 9.97. The number of aryl methyl sites for hydroxylation is 1. The maximum Gasteiger partial charge on any atom is 0.278 e. The van der Waals surface area contributed by atoms with Crippen molar-refractivity contribution in [3.8, 4) is 11.6 Å². The molecule has 6 nitrogen and oxygen atoms in total. The molecule has 0 atom stereocenters. The smallest absolute Gasteiger partial charge is 0.278 e. The molecule has 0 aromatic carbocycles. The maximum atomic E-state index is 5.36. The van der Waals surface area contributed by atoms with Crippen molar-refractivity contribution in [1.29, 1.82) is 0 Å². The zero-order valence-electron chi connectivity index (χ0n) is 7.82. The highest BCUT2D eigenvalue weighted by molar-refractivity contribution is 5.46. The first-order valence-corrected chi connectivity index (χ1v) is 4.40. The topological polar surface area (TPSA) is 93.6 Å². The highest BCUT2D eigenvalue weighted by Gasteiger charge is 2.10. The molecule has 2 aromatic heterocycles. The second-order valence-electron chi connectivity index (χ2n) is 2.85. The van der Waals surface area contributed by atoms with Gasteiger partial charge in [0.15, 0.2) is 11.5 Å². The van der Waals surface area contributed by atoms with Crippen LogP contribution in [0.5, 0.6) is 0 Å². The van der Waals surface area contributed by atoms with E-state index >= 15 is 0 Å². The molecule has 0 radical (unpaired) electrons. The van der Waals surface area contributed by atoms with Gasteiger partial charge in [-0.05, 0) is 12.5 Å². The first-order valence-electron chi connectivity index (χ1n) is 4.40. The van der Waals surface area contributed by atoms with E-state index in [9.17, 15) is 0 Å². The molecule has 0 bridgehead atoms. The lowest BCUT2D eigenvalue weighted by Gasteiger charge is -1.82. The van der Waals surface area contributed by atoms with Gasteiger partial charge in [-0.2, -0.15) is 10.1 Å². The van der Waals surface area contributed by atoms with Crippen LogP contribution in [-0.4, -0.2) is 20.3 Å². The van der Waals surface area contributed by atoms with Crippen LogP contribution >= 0.6 is 0 Å². The number of nitrogens with zero attached hydrogens (tertiary/aromatic N) is 3. The molecule has 0 saturated carbocycles. The Morgan fingerprint density at radius 3 is 3.00 bits per heavy atom. The molecule has 74 valence electrons. The van der Waals surface area contributed by atoms with Crippen LogP contribution in [0.4, 0.5) is 0 Å². The zero-order valence-corrected chi connectivity index (χ0v) is 7.82. The molecule has 2 aromatic rings. The third-order valence-corrected chi connectivity index (χ3v) is 1.88. The lowest BCUT2D eigenvalue weighted by Crippen LogP contribution is -1.97. The highest BCUT2D eigenvalue weighted by Crippen LogP contribution is 2.15. The van der Waals surface area contributed by atoms with Crippen molar-refractivity contribution in [2.24, 2.45) is 5.73 Å². The van der Waals surface area contributed by atoms with Crippen molar-refractivity contribution >= 4 is 0 Å². The van der Waals surface area contributed by atoms with Crippen molar-refractivity contribution in [1.82, 2.24) is 20.3 Å². The lowest BCUT2D eigenvalue weighted by molar-refractivity contribution is 0.421. The van der Waals surface area contributed by atoms with Gasteiger partial charge in [0.05, 0.1) is 6.54 Å². The molecule has 0 saturated heterocycles. The second-order valence-corrected chi connectivity index (χ2v) is 2.85. The number of rotatable bonds is 3. The predicted octanol–water partition coefficient (Wildman–Crippen LogP) is 0.481. The third-order valence-electron chi connectivity index (χ3n) is 1.88. The Hall–Kier alpha value is -1.69. The van der Waals surface area contributed by atoms with Crippen LogP contribution in [0.25, 0.3) is 11.6 Å². The van der Waals surface area contributed by atoms with Gasteiger partial charge in [-0.1, -0.05) is 12.1 Å². The van der Waals surface area contributed by atoms with Gasteiger partial charge in [-0.3, -0.25) is 5.10 Å². The van der Waals surface area contributed by atoms with Gasteiger partial charge in [-0.25, -0.2) is 0 Å². The van der Waals surface area contributed by atoms with Gasteiger partial charge < -0.3 is 10.3 Å². The second kappa shape index (κ2) is 3.59. The summed E-state index contributed by atoms with van der Waals surface area (Å²) in [6, 6.07) is 1.88. The summed E-state index contributed by atoms with van der Waals surface area (Å²) in [6.45, 7) is 2.31. The molecular weight excluding hydrogens is 182 g/mol. The van der Waals surface area contributed by atoms with Crippen LogP contribution < -0.4 is 5.73 Å². The summed E-state index contributed by atoms with van der Waals surface area (Å²) in [5.74, 6) is 0.891. The molecule has 6 heteroatoms. The Morgan fingerprint density at radius 1 is 1.57 bits per heavy atom. The fourth-order valence-electron chi connectivity index (χ4n) is 1.09. The van der Waals surface area contributed by atoms with Crippen molar-refractivity contribution in [2.45, 2.75) is 19.9 Å². The minimum absolute atomic E-state index is 0.272. The minimum atomic E-state index is 0.272. The number of H-pyrrole nitrogens is 1. The van der Waals surface area contributed by atoms with Crippen LogP contribution in [0.3, 0.4) is 0 Å². The van der Waals surface area contributed by atoms with Crippen LogP contribution in [-0.2, 0) is 13.0 Å². The molecule has 3 N–H and O–H groups in total. The molecule has 2 rings (SSSR count). The molecular formula is C8H11N5O. The monoisotopic (exact) mass is 193 g/mol. The first-order chi connectivity index (χ1) is 6.83. The molecule has 0 fully saturated rings. The van der Waals surface area contributed by atoms with E-state index in [1.165, 1.54) is 0 Å². The number of hydrogen-bond acceptors (Lipinski definition) is 5. The average Bonchev–Trinajstić information content (AvgIpc) is 2.86. The standard InChI is InChI=1S/C8H11N5O/c1-2-5-3-6(12-11-5)8-10-7(4-9)13-14-8/h3H,2,4,9H2,1H3,(H,11,12). The van der Waals surface area contributed by atoms with Crippen molar-refractivity contribution in [3.05, 3.63) is 17.6 Å². The molecule has 0 unspecified atom stereocenters.